The molecule has 0 saturated carbocycles. The molecule has 1 unspecified atom stereocenters. The summed E-state index contributed by atoms with van der Waals surface area (Å²) in [6.45, 7) is 2.86. The van der Waals surface area contributed by atoms with Crippen LogP contribution in [-0.2, 0) is 6.54 Å². The molecule has 1 aromatic heterocycles. The lowest BCUT2D eigenvalue weighted by atomic mass is 10.1. The number of pyridine rings is 1. The number of hydrogen-bond acceptors (Lipinski definition) is 4. The number of benzene rings is 1. The van der Waals surface area contributed by atoms with Gasteiger partial charge in [-0.05, 0) is 39.1 Å². The van der Waals surface area contributed by atoms with Gasteiger partial charge in [-0.2, -0.15) is 0 Å². The normalized spacial score (nSPS) is 11.9. The van der Waals surface area contributed by atoms with E-state index < -0.39 is 11.5 Å². The highest BCUT2D eigenvalue weighted by Crippen LogP contribution is 2.06. The Balaban J connectivity index is 2.28. The number of carbonyl (C=O) groups is 2. The van der Waals surface area contributed by atoms with Crippen molar-refractivity contribution in [2.75, 3.05) is 27.7 Å². The van der Waals surface area contributed by atoms with Crippen molar-refractivity contribution in [2.45, 2.75) is 25.9 Å². The Labute approximate surface area is 165 Å². The van der Waals surface area contributed by atoms with Gasteiger partial charge in [-0.3, -0.25) is 14.4 Å². The molecule has 2 rings (SSSR count). The van der Waals surface area contributed by atoms with Crippen molar-refractivity contribution < 1.29 is 9.59 Å². The fraction of sp³-hybridized carbons (Fsp3) is 0.381. The fourth-order valence-electron chi connectivity index (χ4n) is 2.71. The highest BCUT2D eigenvalue weighted by Gasteiger charge is 2.17. The Hall–Kier alpha value is -2.93. The zero-order valence-corrected chi connectivity index (χ0v) is 16.9. The van der Waals surface area contributed by atoms with Gasteiger partial charge in [0.15, 0.2) is 0 Å². The van der Waals surface area contributed by atoms with Crippen LogP contribution in [0, 0.1) is 0 Å². The molecule has 0 fully saturated rings. The van der Waals surface area contributed by atoms with E-state index in [0.29, 0.717) is 12.6 Å². The van der Waals surface area contributed by atoms with Gasteiger partial charge in [0.05, 0.1) is 12.1 Å². The van der Waals surface area contributed by atoms with E-state index in [1.165, 1.54) is 23.9 Å². The molecule has 2 aromatic rings. The second kappa shape index (κ2) is 9.85. The average Bonchev–Trinajstić information content (AvgIpc) is 2.69. The molecule has 150 valence electrons. The predicted molar refractivity (Wildman–Crippen MR) is 110 cm³/mol. The van der Waals surface area contributed by atoms with Crippen molar-refractivity contribution in [3.63, 3.8) is 0 Å². The molecule has 1 heterocycles. The van der Waals surface area contributed by atoms with Crippen LogP contribution in [0.2, 0.25) is 0 Å². The minimum atomic E-state index is -0.511. The van der Waals surface area contributed by atoms with Gasteiger partial charge in [0.2, 0.25) is 0 Å². The third kappa shape index (κ3) is 5.53. The van der Waals surface area contributed by atoms with Gasteiger partial charge in [-0.1, -0.05) is 30.3 Å². The summed E-state index contributed by atoms with van der Waals surface area (Å²) < 4.78 is 1.40. The molecule has 0 aliphatic carbocycles. The molecule has 0 radical (unpaired) electrons. The van der Waals surface area contributed by atoms with Crippen LogP contribution in [0.5, 0.6) is 0 Å². The van der Waals surface area contributed by atoms with Crippen LogP contribution in [-0.4, -0.2) is 55.0 Å². The van der Waals surface area contributed by atoms with Gasteiger partial charge in [-0.25, -0.2) is 0 Å². The third-order valence-corrected chi connectivity index (χ3v) is 4.74. The first-order valence-electron chi connectivity index (χ1n) is 9.28. The van der Waals surface area contributed by atoms with E-state index in [9.17, 15) is 14.4 Å². The van der Waals surface area contributed by atoms with Crippen LogP contribution in [0.3, 0.4) is 0 Å². The Bertz CT molecular complexity index is 875. The first-order chi connectivity index (χ1) is 13.3. The van der Waals surface area contributed by atoms with Crippen LogP contribution in [0.15, 0.2) is 47.4 Å². The van der Waals surface area contributed by atoms with Crippen molar-refractivity contribution in [1.29, 1.82) is 0 Å². The molecule has 1 atom stereocenters. The summed E-state index contributed by atoms with van der Waals surface area (Å²) in [5, 5.41) is 5.33. The SMILES string of the molecule is CNC(=O)c1cc(C(=O)NCCC(C)N(C)C)cn(Cc2ccccc2)c1=O. The standard InChI is InChI=1S/C21H28N4O3/c1-15(24(3)4)10-11-23-19(26)17-12-18(20(27)22-2)21(28)25(14-17)13-16-8-6-5-7-9-16/h5-9,12,14-15H,10-11,13H2,1-4H3,(H,22,27)(H,23,26). The summed E-state index contributed by atoms with van der Waals surface area (Å²) in [6, 6.07) is 11.1. The molecule has 2 amide bonds. The Morgan fingerprint density at radius 2 is 1.82 bits per heavy atom. The summed E-state index contributed by atoms with van der Waals surface area (Å²) in [6.07, 6.45) is 2.30. The van der Waals surface area contributed by atoms with Crippen molar-refractivity contribution in [3.05, 3.63) is 69.6 Å². The quantitative estimate of drug-likeness (QED) is 0.719. The molecule has 0 spiro atoms. The van der Waals surface area contributed by atoms with Crippen LogP contribution < -0.4 is 16.2 Å². The number of hydrogen-bond donors (Lipinski definition) is 2. The minimum absolute atomic E-state index is 0.0484. The van der Waals surface area contributed by atoms with Gasteiger partial charge in [0, 0.05) is 25.8 Å². The lowest BCUT2D eigenvalue weighted by molar-refractivity contribution is 0.0949. The molecule has 0 aliphatic heterocycles. The van der Waals surface area contributed by atoms with E-state index in [1.54, 1.807) is 0 Å². The highest BCUT2D eigenvalue weighted by molar-refractivity contribution is 5.99. The number of rotatable bonds is 8. The first kappa shape index (κ1) is 21.4. The van der Waals surface area contributed by atoms with E-state index >= 15 is 0 Å². The summed E-state index contributed by atoms with van der Waals surface area (Å²) in [7, 11) is 5.43. The van der Waals surface area contributed by atoms with E-state index in [0.717, 1.165) is 12.0 Å². The highest BCUT2D eigenvalue weighted by atomic mass is 16.2. The van der Waals surface area contributed by atoms with Gasteiger partial charge in [0.25, 0.3) is 17.4 Å². The lowest BCUT2D eigenvalue weighted by Gasteiger charge is -2.19. The van der Waals surface area contributed by atoms with Gasteiger partial charge in [-0.15, -0.1) is 0 Å². The second-order valence-corrected chi connectivity index (χ2v) is 7.00. The number of amides is 2. The maximum Gasteiger partial charge on any atom is 0.263 e. The van der Waals surface area contributed by atoms with Crippen molar-refractivity contribution in [2.24, 2.45) is 0 Å². The molecule has 0 aliphatic rings. The van der Waals surface area contributed by atoms with Crippen molar-refractivity contribution in [1.82, 2.24) is 20.1 Å². The number of aromatic nitrogens is 1. The van der Waals surface area contributed by atoms with Gasteiger partial charge < -0.3 is 20.1 Å². The number of carbonyl (C=O) groups excluding carboxylic acids is 2. The molecule has 0 saturated heterocycles. The molecule has 2 N–H and O–H groups in total. The number of nitrogens with zero attached hydrogens (tertiary/aromatic N) is 2. The average molecular weight is 384 g/mol. The van der Waals surface area contributed by atoms with E-state index in [4.69, 9.17) is 0 Å². The van der Waals surface area contributed by atoms with Gasteiger partial charge >= 0.3 is 0 Å². The van der Waals surface area contributed by atoms with E-state index in [2.05, 4.69) is 22.5 Å². The molecule has 0 bridgehead atoms. The molecule has 7 heteroatoms. The summed E-state index contributed by atoms with van der Waals surface area (Å²) in [5.41, 5.74) is 0.713. The van der Waals surface area contributed by atoms with Crippen LogP contribution >= 0.6 is 0 Å². The Kier molecular flexibility index (Phi) is 7.52. The topological polar surface area (TPSA) is 83.4 Å². The second-order valence-electron chi connectivity index (χ2n) is 7.00. The van der Waals surface area contributed by atoms with E-state index in [-0.39, 0.29) is 23.6 Å². The largest absolute Gasteiger partial charge is 0.355 e. The first-order valence-corrected chi connectivity index (χ1v) is 9.28. The molecule has 7 nitrogen and oxygen atoms in total. The molecule has 1 aromatic carbocycles. The summed E-state index contributed by atoms with van der Waals surface area (Å²) in [4.78, 5) is 39.5. The predicted octanol–water partition coefficient (Wildman–Crippen LogP) is 1.33. The number of nitrogens with one attached hydrogen (secondary N) is 2. The lowest BCUT2D eigenvalue weighted by Crippen LogP contribution is -2.35. The third-order valence-electron chi connectivity index (χ3n) is 4.74. The Morgan fingerprint density at radius 1 is 1.14 bits per heavy atom. The zero-order valence-electron chi connectivity index (χ0n) is 16.9. The van der Waals surface area contributed by atoms with Crippen molar-refractivity contribution in [3.8, 4) is 0 Å². The molecule has 28 heavy (non-hydrogen) atoms. The fourth-order valence-corrected chi connectivity index (χ4v) is 2.71. The van der Waals surface area contributed by atoms with Crippen LogP contribution in [0.1, 0.15) is 39.6 Å². The molecular weight excluding hydrogens is 356 g/mol. The summed E-state index contributed by atoms with van der Waals surface area (Å²) in [5.74, 6) is -0.819. The Morgan fingerprint density at radius 3 is 2.43 bits per heavy atom. The van der Waals surface area contributed by atoms with Gasteiger partial charge in [0.1, 0.15) is 5.56 Å². The van der Waals surface area contributed by atoms with Crippen molar-refractivity contribution >= 4 is 11.8 Å². The maximum absolute atomic E-state index is 12.7. The maximum atomic E-state index is 12.7. The van der Waals surface area contributed by atoms with Crippen LogP contribution in [0.25, 0.3) is 0 Å². The molecular formula is C21H28N4O3. The summed E-state index contributed by atoms with van der Waals surface area (Å²) >= 11 is 0. The smallest absolute Gasteiger partial charge is 0.263 e. The van der Waals surface area contributed by atoms with E-state index in [1.807, 2.05) is 44.4 Å². The minimum Gasteiger partial charge on any atom is -0.355 e. The monoisotopic (exact) mass is 384 g/mol. The zero-order chi connectivity index (χ0) is 20.7. The van der Waals surface area contributed by atoms with Crippen LogP contribution in [0.4, 0.5) is 0 Å².